The first kappa shape index (κ1) is 12.0. The lowest BCUT2D eigenvalue weighted by Crippen LogP contribution is -2.47. The van der Waals surface area contributed by atoms with Gasteiger partial charge in [-0.3, -0.25) is 9.59 Å². The third-order valence-electron chi connectivity index (χ3n) is 4.43. The van der Waals surface area contributed by atoms with Crippen LogP contribution in [0.15, 0.2) is 0 Å². The van der Waals surface area contributed by atoms with Gasteiger partial charge in [-0.2, -0.15) is 0 Å². The predicted molar refractivity (Wildman–Crippen MR) is 62.7 cm³/mol. The van der Waals surface area contributed by atoms with Gasteiger partial charge in [-0.15, -0.1) is 0 Å². The number of carbonyl (C=O) groups is 2. The van der Waals surface area contributed by atoms with Crippen molar-refractivity contribution in [1.29, 1.82) is 0 Å². The van der Waals surface area contributed by atoms with E-state index in [1.165, 1.54) is 0 Å². The van der Waals surface area contributed by atoms with Gasteiger partial charge in [-0.05, 0) is 39.0 Å². The summed E-state index contributed by atoms with van der Waals surface area (Å²) in [7, 11) is 0. The molecule has 1 saturated heterocycles. The van der Waals surface area contributed by atoms with Gasteiger partial charge in [0.1, 0.15) is 5.72 Å². The standard InChI is InChI=1S/C13H19NO4/c1-8-7-14(13(18-8)4-2-3-5-13)11(15)9-6-10(9)12(16)17/h8-10H,2-7H2,1H3,(H,16,17)/t8-,9-,10-/m0/s1. The quantitative estimate of drug-likeness (QED) is 0.803. The molecule has 100 valence electrons. The van der Waals surface area contributed by atoms with Crippen molar-refractivity contribution >= 4 is 11.9 Å². The van der Waals surface area contributed by atoms with E-state index in [0.717, 1.165) is 25.7 Å². The topological polar surface area (TPSA) is 66.8 Å². The summed E-state index contributed by atoms with van der Waals surface area (Å²) in [6.45, 7) is 2.59. The molecule has 3 aliphatic rings. The van der Waals surface area contributed by atoms with Crippen molar-refractivity contribution in [3.05, 3.63) is 0 Å². The summed E-state index contributed by atoms with van der Waals surface area (Å²) in [6, 6.07) is 0. The summed E-state index contributed by atoms with van der Waals surface area (Å²) in [5, 5.41) is 8.92. The number of aliphatic carboxylic acids is 1. The fraction of sp³-hybridized carbons (Fsp3) is 0.846. The number of carbonyl (C=O) groups excluding carboxylic acids is 1. The minimum atomic E-state index is -0.845. The molecule has 1 heterocycles. The number of nitrogens with zero attached hydrogens (tertiary/aromatic N) is 1. The first-order chi connectivity index (χ1) is 8.53. The number of hydrogen-bond acceptors (Lipinski definition) is 3. The molecule has 0 aromatic rings. The summed E-state index contributed by atoms with van der Waals surface area (Å²) in [6.07, 6.45) is 4.53. The molecule has 0 radical (unpaired) electrons. The van der Waals surface area contributed by atoms with Gasteiger partial charge in [0.05, 0.1) is 17.9 Å². The average Bonchev–Trinajstić information content (AvgIpc) is 2.90. The van der Waals surface area contributed by atoms with Crippen LogP contribution in [-0.2, 0) is 14.3 Å². The van der Waals surface area contributed by atoms with Crippen LogP contribution in [0.25, 0.3) is 0 Å². The Morgan fingerprint density at radius 1 is 1.28 bits per heavy atom. The summed E-state index contributed by atoms with van der Waals surface area (Å²) in [5.41, 5.74) is -0.415. The largest absolute Gasteiger partial charge is 0.481 e. The fourth-order valence-corrected chi connectivity index (χ4v) is 3.45. The van der Waals surface area contributed by atoms with Gasteiger partial charge >= 0.3 is 5.97 Å². The zero-order chi connectivity index (χ0) is 12.9. The van der Waals surface area contributed by atoms with Crippen LogP contribution in [0.3, 0.4) is 0 Å². The summed E-state index contributed by atoms with van der Waals surface area (Å²) in [4.78, 5) is 25.1. The molecule has 5 heteroatoms. The molecular weight excluding hydrogens is 234 g/mol. The van der Waals surface area contributed by atoms with Gasteiger partial charge in [0.25, 0.3) is 0 Å². The van der Waals surface area contributed by atoms with E-state index in [1.54, 1.807) is 0 Å². The average molecular weight is 253 g/mol. The molecule has 2 saturated carbocycles. The van der Waals surface area contributed by atoms with Crippen molar-refractivity contribution < 1.29 is 19.4 Å². The molecule has 3 rings (SSSR count). The van der Waals surface area contributed by atoms with E-state index in [-0.39, 0.29) is 17.9 Å². The van der Waals surface area contributed by atoms with Crippen molar-refractivity contribution in [1.82, 2.24) is 4.90 Å². The molecule has 1 aliphatic heterocycles. The molecule has 18 heavy (non-hydrogen) atoms. The van der Waals surface area contributed by atoms with Gasteiger partial charge in [-0.1, -0.05) is 0 Å². The van der Waals surface area contributed by atoms with Gasteiger partial charge in [-0.25, -0.2) is 0 Å². The molecule has 0 bridgehead atoms. The van der Waals surface area contributed by atoms with Crippen molar-refractivity contribution in [3.63, 3.8) is 0 Å². The van der Waals surface area contributed by atoms with E-state index in [1.807, 2.05) is 11.8 Å². The normalized spacial score (nSPS) is 37.2. The third kappa shape index (κ3) is 1.72. The number of carboxylic acids is 1. The third-order valence-corrected chi connectivity index (χ3v) is 4.43. The van der Waals surface area contributed by atoms with Crippen LogP contribution in [0.1, 0.15) is 39.0 Å². The lowest BCUT2D eigenvalue weighted by molar-refractivity contribution is -0.154. The molecule has 3 atom stereocenters. The lowest BCUT2D eigenvalue weighted by Gasteiger charge is -2.33. The van der Waals surface area contributed by atoms with Crippen molar-refractivity contribution in [2.24, 2.45) is 11.8 Å². The van der Waals surface area contributed by atoms with E-state index < -0.39 is 17.6 Å². The highest BCUT2D eigenvalue weighted by molar-refractivity contribution is 5.90. The Morgan fingerprint density at radius 3 is 2.50 bits per heavy atom. The second kappa shape index (κ2) is 3.95. The minimum Gasteiger partial charge on any atom is -0.481 e. The Bertz CT molecular complexity index is 388. The van der Waals surface area contributed by atoms with Gasteiger partial charge in [0.15, 0.2) is 0 Å². The first-order valence-corrected chi connectivity index (χ1v) is 6.76. The van der Waals surface area contributed by atoms with Crippen LogP contribution in [-0.4, -0.2) is 40.3 Å². The summed E-state index contributed by atoms with van der Waals surface area (Å²) >= 11 is 0. The number of hydrogen-bond donors (Lipinski definition) is 1. The van der Waals surface area contributed by atoms with Crippen LogP contribution < -0.4 is 0 Å². The maximum Gasteiger partial charge on any atom is 0.307 e. The molecule has 0 aromatic heterocycles. The highest BCUT2D eigenvalue weighted by atomic mass is 16.5. The van der Waals surface area contributed by atoms with Crippen molar-refractivity contribution in [2.75, 3.05) is 6.54 Å². The Labute approximate surface area is 106 Å². The number of rotatable bonds is 2. The predicted octanol–water partition coefficient (Wildman–Crippen LogP) is 1.22. The summed E-state index contributed by atoms with van der Waals surface area (Å²) in [5.74, 6) is -1.63. The van der Waals surface area contributed by atoms with Crippen LogP contribution in [0.4, 0.5) is 0 Å². The first-order valence-electron chi connectivity index (χ1n) is 6.76. The zero-order valence-corrected chi connectivity index (χ0v) is 10.6. The van der Waals surface area contributed by atoms with E-state index >= 15 is 0 Å². The molecule has 2 aliphatic carbocycles. The maximum atomic E-state index is 12.4. The van der Waals surface area contributed by atoms with Crippen LogP contribution in [0.5, 0.6) is 0 Å². The van der Waals surface area contributed by atoms with Crippen molar-refractivity contribution in [3.8, 4) is 0 Å². The van der Waals surface area contributed by atoms with Crippen LogP contribution >= 0.6 is 0 Å². The molecule has 5 nitrogen and oxygen atoms in total. The molecule has 0 aromatic carbocycles. The Kier molecular flexibility index (Phi) is 2.62. The SMILES string of the molecule is C[C@H]1CN(C(=O)[C@H]2C[C@@H]2C(=O)O)C2(CCCC2)O1. The highest BCUT2D eigenvalue weighted by Crippen LogP contribution is 2.47. The van der Waals surface area contributed by atoms with Crippen molar-refractivity contribution in [2.45, 2.75) is 50.9 Å². The maximum absolute atomic E-state index is 12.4. The highest BCUT2D eigenvalue weighted by Gasteiger charge is 2.56. The number of carboxylic acid groups (broad SMARTS) is 1. The zero-order valence-electron chi connectivity index (χ0n) is 10.6. The molecule has 3 fully saturated rings. The van der Waals surface area contributed by atoms with Gasteiger partial charge in [0.2, 0.25) is 5.91 Å². The number of ether oxygens (including phenoxy) is 1. The second-order valence-electron chi connectivity index (χ2n) is 5.82. The molecule has 0 unspecified atom stereocenters. The lowest BCUT2D eigenvalue weighted by atomic mass is 10.1. The van der Waals surface area contributed by atoms with E-state index in [2.05, 4.69) is 0 Å². The van der Waals surface area contributed by atoms with Gasteiger partial charge < -0.3 is 14.7 Å². The molecule has 1 amide bonds. The second-order valence-corrected chi connectivity index (χ2v) is 5.82. The van der Waals surface area contributed by atoms with E-state index in [0.29, 0.717) is 13.0 Å². The monoisotopic (exact) mass is 253 g/mol. The van der Waals surface area contributed by atoms with Crippen LogP contribution in [0, 0.1) is 11.8 Å². The van der Waals surface area contributed by atoms with Crippen LogP contribution in [0.2, 0.25) is 0 Å². The molecule has 1 N–H and O–H groups in total. The summed E-state index contributed by atoms with van der Waals surface area (Å²) < 4.78 is 5.97. The number of amides is 1. The Balaban J connectivity index is 1.75. The minimum absolute atomic E-state index is 0.00588. The Morgan fingerprint density at radius 2 is 1.94 bits per heavy atom. The van der Waals surface area contributed by atoms with E-state index in [4.69, 9.17) is 9.84 Å². The molecular formula is C13H19NO4. The smallest absolute Gasteiger partial charge is 0.307 e. The van der Waals surface area contributed by atoms with E-state index in [9.17, 15) is 9.59 Å². The fourth-order valence-electron chi connectivity index (χ4n) is 3.45. The Hall–Kier alpha value is -1.10. The van der Waals surface area contributed by atoms with Gasteiger partial charge in [0, 0.05) is 6.54 Å². The molecule has 1 spiro atoms.